The molecule has 0 bridgehead atoms. The minimum absolute atomic E-state index is 0.206. The highest BCUT2D eigenvalue weighted by Crippen LogP contribution is 2.24. The topological polar surface area (TPSA) is 33.0 Å². The van der Waals surface area contributed by atoms with Crippen molar-refractivity contribution in [3.05, 3.63) is 29.3 Å². The summed E-state index contributed by atoms with van der Waals surface area (Å²) in [4.78, 5) is 0. The van der Waals surface area contributed by atoms with Crippen molar-refractivity contribution in [2.24, 2.45) is 0 Å². The molecule has 0 fully saturated rings. The molecule has 1 aromatic carbocycles. The Kier molecular flexibility index (Phi) is 4.04. The lowest BCUT2D eigenvalue weighted by molar-refractivity contribution is 0.278. The van der Waals surface area contributed by atoms with Crippen LogP contribution in [0.15, 0.2) is 12.1 Å². The first-order chi connectivity index (χ1) is 7.20. The van der Waals surface area contributed by atoms with E-state index in [4.69, 9.17) is 10.00 Å². The summed E-state index contributed by atoms with van der Waals surface area (Å²) in [5.41, 5.74) is -0.206. The first-order valence-corrected chi connectivity index (χ1v) is 4.71. The number of halogens is 2. The van der Waals surface area contributed by atoms with E-state index in [1.807, 2.05) is 6.92 Å². The van der Waals surface area contributed by atoms with Gasteiger partial charge in [-0.2, -0.15) is 5.26 Å². The fraction of sp³-hybridized carbons (Fsp3) is 0.364. The molecule has 0 saturated carbocycles. The monoisotopic (exact) mass is 211 g/mol. The van der Waals surface area contributed by atoms with E-state index in [0.717, 1.165) is 25.0 Å². The van der Waals surface area contributed by atoms with Gasteiger partial charge in [-0.05, 0) is 18.6 Å². The normalized spacial score (nSPS) is 9.73. The predicted octanol–water partition coefficient (Wildman–Crippen LogP) is 3.02. The Balaban J connectivity index is 2.90. The van der Waals surface area contributed by atoms with E-state index in [1.165, 1.54) is 0 Å². The maximum atomic E-state index is 13.4. The molecule has 1 rings (SSSR count). The van der Waals surface area contributed by atoms with Gasteiger partial charge < -0.3 is 4.74 Å². The van der Waals surface area contributed by atoms with Crippen molar-refractivity contribution in [1.29, 1.82) is 5.26 Å². The Morgan fingerprint density at radius 1 is 1.40 bits per heavy atom. The smallest absolute Gasteiger partial charge is 0.192 e. The number of nitriles is 1. The fourth-order valence-corrected chi connectivity index (χ4v) is 1.07. The van der Waals surface area contributed by atoms with E-state index >= 15 is 0 Å². The summed E-state index contributed by atoms with van der Waals surface area (Å²) in [5, 5.41) is 8.54. The molecule has 15 heavy (non-hydrogen) atoms. The van der Waals surface area contributed by atoms with Crippen LogP contribution in [0.25, 0.3) is 0 Å². The van der Waals surface area contributed by atoms with Gasteiger partial charge in [0.15, 0.2) is 17.4 Å². The Labute approximate surface area is 87.1 Å². The second-order valence-corrected chi connectivity index (χ2v) is 3.05. The Morgan fingerprint density at radius 2 is 2.13 bits per heavy atom. The molecular formula is C11H11F2NO. The standard InChI is InChI=1S/C11H11F2NO/c1-2-3-6-15-11-9(12)5-4-8(7-14)10(11)13/h4-5H,2-3,6H2,1H3. The lowest BCUT2D eigenvalue weighted by Crippen LogP contribution is -2.02. The number of benzene rings is 1. The van der Waals surface area contributed by atoms with Crippen LogP contribution in [-0.4, -0.2) is 6.61 Å². The van der Waals surface area contributed by atoms with Crippen molar-refractivity contribution in [3.63, 3.8) is 0 Å². The number of rotatable bonds is 4. The zero-order chi connectivity index (χ0) is 11.3. The van der Waals surface area contributed by atoms with E-state index in [0.29, 0.717) is 0 Å². The number of ether oxygens (including phenoxy) is 1. The zero-order valence-corrected chi connectivity index (χ0v) is 8.39. The number of nitrogens with zero attached hydrogens (tertiary/aromatic N) is 1. The van der Waals surface area contributed by atoms with Crippen LogP contribution in [-0.2, 0) is 0 Å². The van der Waals surface area contributed by atoms with Crippen LogP contribution in [0.5, 0.6) is 5.75 Å². The van der Waals surface area contributed by atoms with Crippen molar-refractivity contribution >= 4 is 0 Å². The maximum Gasteiger partial charge on any atom is 0.192 e. The molecule has 0 radical (unpaired) electrons. The third kappa shape index (κ3) is 2.66. The molecule has 0 aliphatic carbocycles. The van der Waals surface area contributed by atoms with Crippen LogP contribution >= 0.6 is 0 Å². The highest BCUT2D eigenvalue weighted by Gasteiger charge is 2.14. The van der Waals surface area contributed by atoms with Crippen LogP contribution in [0.1, 0.15) is 25.3 Å². The Bertz CT molecular complexity index is 385. The average Bonchev–Trinajstić information content (AvgIpc) is 2.23. The Hall–Kier alpha value is -1.63. The first kappa shape index (κ1) is 11.4. The minimum atomic E-state index is -0.923. The highest BCUT2D eigenvalue weighted by molar-refractivity contribution is 5.39. The molecule has 0 amide bonds. The zero-order valence-electron chi connectivity index (χ0n) is 8.39. The first-order valence-electron chi connectivity index (χ1n) is 4.71. The molecule has 4 heteroatoms. The van der Waals surface area contributed by atoms with Crippen LogP contribution in [0, 0.1) is 23.0 Å². The lowest BCUT2D eigenvalue weighted by Gasteiger charge is -2.07. The van der Waals surface area contributed by atoms with Crippen LogP contribution in [0.3, 0.4) is 0 Å². The number of unbranched alkanes of at least 4 members (excludes halogenated alkanes) is 1. The summed E-state index contributed by atoms with van der Waals surface area (Å²) in [6.45, 7) is 2.20. The fourth-order valence-electron chi connectivity index (χ4n) is 1.07. The second-order valence-electron chi connectivity index (χ2n) is 3.05. The third-order valence-electron chi connectivity index (χ3n) is 1.91. The largest absolute Gasteiger partial charge is 0.488 e. The van der Waals surface area contributed by atoms with Gasteiger partial charge in [0.05, 0.1) is 12.2 Å². The number of hydrogen-bond acceptors (Lipinski definition) is 2. The molecule has 0 aliphatic heterocycles. The molecule has 0 atom stereocenters. The summed E-state index contributed by atoms with van der Waals surface area (Å²) >= 11 is 0. The molecule has 1 aromatic rings. The minimum Gasteiger partial charge on any atom is -0.488 e. The molecule has 0 spiro atoms. The van der Waals surface area contributed by atoms with Gasteiger partial charge in [0.25, 0.3) is 0 Å². The van der Waals surface area contributed by atoms with Gasteiger partial charge in [-0.3, -0.25) is 0 Å². The molecule has 0 saturated heterocycles. The SMILES string of the molecule is CCCCOc1c(F)ccc(C#N)c1F. The van der Waals surface area contributed by atoms with Gasteiger partial charge in [-0.25, -0.2) is 8.78 Å². The molecular weight excluding hydrogens is 200 g/mol. The predicted molar refractivity (Wildman–Crippen MR) is 51.5 cm³/mol. The highest BCUT2D eigenvalue weighted by atomic mass is 19.1. The van der Waals surface area contributed by atoms with Gasteiger partial charge in [-0.1, -0.05) is 13.3 Å². The quantitative estimate of drug-likeness (QED) is 0.717. The van der Waals surface area contributed by atoms with Crippen molar-refractivity contribution < 1.29 is 13.5 Å². The molecule has 0 N–H and O–H groups in total. The van der Waals surface area contributed by atoms with Crippen LogP contribution in [0.4, 0.5) is 8.78 Å². The van der Waals surface area contributed by atoms with Crippen molar-refractivity contribution in [3.8, 4) is 11.8 Å². The molecule has 2 nitrogen and oxygen atoms in total. The van der Waals surface area contributed by atoms with Crippen molar-refractivity contribution in [1.82, 2.24) is 0 Å². The van der Waals surface area contributed by atoms with E-state index < -0.39 is 17.4 Å². The average molecular weight is 211 g/mol. The summed E-state index contributed by atoms with van der Waals surface area (Å²) in [5.74, 6) is -2.15. The van der Waals surface area contributed by atoms with E-state index in [2.05, 4.69) is 0 Å². The summed E-state index contributed by atoms with van der Waals surface area (Å²) in [7, 11) is 0. The molecule has 0 aliphatic rings. The lowest BCUT2D eigenvalue weighted by atomic mass is 10.2. The molecule has 80 valence electrons. The van der Waals surface area contributed by atoms with Crippen LogP contribution < -0.4 is 4.74 Å². The molecule has 0 aromatic heterocycles. The summed E-state index contributed by atoms with van der Waals surface area (Å²) < 4.78 is 31.4. The maximum absolute atomic E-state index is 13.4. The van der Waals surface area contributed by atoms with E-state index in [9.17, 15) is 8.78 Å². The molecule has 0 unspecified atom stereocenters. The summed E-state index contributed by atoms with van der Waals surface area (Å²) in [6.07, 6.45) is 1.59. The third-order valence-corrected chi connectivity index (χ3v) is 1.91. The van der Waals surface area contributed by atoms with Gasteiger partial charge in [0, 0.05) is 0 Å². The van der Waals surface area contributed by atoms with Gasteiger partial charge in [-0.15, -0.1) is 0 Å². The molecule has 0 heterocycles. The second kappa shape index (κ2) is 5.30. The van der Waals surface area contributed by atoms with Gasteiger partial charge in [0.1, 0.15) is 6.07 Å². The van der Waals surface area contributed by atoms with Gasteiger partial charge in [0.2, 0.25) is 0 Å². The van der Waals surface area contributed by atoms with Crippen LogP contribution in [0.2, 0.25) is 0 Å². The number of hydrogen-bond donors (Lipinski definition) is 0. The van der Waals surface area contributed by atoms with Crippen molar-refractivity contribution in [2.75, 3.05) is 6.61 Å². The van der Waals surface area contributed by atoms with Gasteiger partial charge >= 0.3 is 0 Å². The van der Waals surface area contributed by atoms with Crippen molar-refractivity contribution in [2.45, 2.75) is 19.8 Å². The van der Waals surface area contributed by atoms with E-state index in [1.54, 1.807) is 6.07 Å². The van der Waals surface area contributed by atoms with E-state index in [-0.39, 0.29) is 12.2 Å². The Morgan fingerprint density at radius 3 is 2.73 bits per heavy atom. The summed E-state index contributed by atoms with van der Waals surface area (Å²) in [6, 6.07) is 3.76.